The number of nitrogens with one attached hydrogen (secondary N) is 1. The second-order valence-electron chi connectivity index (χ2n) is 3.97. The van der Waals surface area contributed by atoms with Gasteiger partial charge in [-0.15, -0.1) is 0 Å². The summed E-state index contributed by atoms with van der Waals surface area (Å²) in [6.45, 7) is 0. The highest BCUT2D eigenvalue weighted by atomic mass is 32.2. The van der Waals surface area contributed by atoms with Crippen molar-refractivity contribution in [3.8, 4) is 6.07 Å². The summed E-state index contributed by atoms with van der Waals surface area (Å²) in [5, 5.41) is 17.4. The average Bonchev–Trinajstić information content (AvgIpc) is 2.17. The van der Waals surface area contributed by atoms with Gasteiger partial charge in [-0.25, -0.2) is 8.42 Å². The van der Waals surface area contributed by atoms with Crippen LogP contribution in [-0.2, 0) is 14.8 Å². The Morgan fingerprint density at radius 3 is 2.38 bits per heavy atom. The smallest absolute Gasteiger partial charge is 0.324 e. The summed E-state index contributed by atoms with van der Waals surface area (Å²) in [6.07, 6.45) is 2.84. The SMILES string of the molecule is N#CCS(=O)(=O)NC1(C(=O)O)CCCCC1. The first-order valence-corrected chi connectivity index (χ1v) is 6.69. The number of nitrogens with zero attached hydrogens (tertiary/aromatic N) is 1. The fourth-order valence-corrected chi connectivity index (χ4v) is 3.06. The van der Waals surface area contributed by atoms with Crippen LogP contribution in [0.15, 0.2) is 0 Å². The number of carboxylic acids is 1. The fourth-order valence-electron chi connectivity index (χ4n) is 1.93. The van der Waals surface area contributed by atoms with E-state index in [4.69, 9.17) is 10.4 Å². The summed E-state index contributed by atoms with van der Waals surface area (Å²) in [7, 11) is -3.83. The van der Waals surface area contributed by atoms with Gasteiger partial charge in [0.15, 0.2) is 5.75 Å². The first-order chi connectivity index (χ1) is 7.42. The van der Waals surface area contributed by atoms with Crippen LogP contribution < -0.4 is 4.72 Å². The summed E-state index contributed by atoms with van der Waals surface area (Å²) in [5.41, 5.74) is -1.41. The van der Waals surface area contributed by atoms with Crippen molar-refractivity contribution in [2.75, 3.05) is 5.75 Å². The van der Waals surface area contributed by atoms with Gasteiger partial charge in [-0.05, 0) is 12.8 Å². The van der Waals surface area contributed by atoms with Gasteiger partial charge in [-0.3, -0.25) is 4.79 Å². The van der Waals surface area contributed by atoms with Crippen LogP contribution in [0.2, 0.25) is 0 Å². The van der Waals surface area contributed by atoms with E-state index in [1.807, 2.05) is 0 Å². The average molecular weight is 246 g/mol. The van der Waals surface area contributed by atoms with Crippen LogP contribution in [0.5, 0.6) is 0 Å². The topological polar surface area (TPSA) is 107 Å². The molecule has 0 spiro atoms. The molecule has 16 heavy (non-hydrogen) atoms. The zero-order chi connectivity index (χ0) is 12.2. The molecule has 90 valence electrons. The lowest BCUT2D eigenvalue weighted by molar-refractivity contribution is -0.145. The van der Waals surface area contributed by atoms with E-state index < -0.39 is 27.3 Å². The van der Waals surface area contributed by atoms with Gasteiger partial charge in [-0.1, -0.05) is 19.3 Å². The molecule has 7 heteroatoms. The molecule has 1 fully saturated rings. The monoisotopic (exact) mass is 246 g/mol. The van der Waals surface area contributed by atoms with Crippen molar-refractivity contribution >= 4 is 16.0 Å². The molecule has 0 saturated heterocycles. The Labute approximate surface area is 94.3 Å². The number of sulfonamides is 1. The van der Waals surface area contributed by atoms with Crippen molar-refractivity contribution in [2.45, 2.75) is 37.6 Å². The molecule has 1 saturated carbocycles. The Kier molecular flexibility index (Phi) is 3.88. The van der Waals surface area contributed by atoms with Gasteiger partial charge in [0.25, 0.3) is 0 Å². The van der Waals surface area contributed by atoms with Gasteiger partial charge in [0.05, 0.1) is 6.07 Å². The molecule has 0 aromatic heterocycles. The lowest BCUT2D eigenvalue weighted by Gasteiger charge is -2.33. The number of hydrogen-bond acceptors (Lipinski definition) is 4. The summed E-state index contributed by atoms with van der Waals surface area (Å²) in [5.74, 6) is -1.86. The van der Waals surface area contributed by atoms with Crippen LogP contribution in [-0.4, -0.2) is 30.8 Å². The number of aliphatic carboxylic acids is 1. The molecule has 0 amide bonds. The second-order valence-corrected chi connectivity index (χ2v) is 5.69. The molecule has 0 aromatic carbocycles. The molecule has 0 atom stereocenters. The lowest BCUT2D eigenvalue weighted by atomic mass is 9.83. The highest BCUT2D eigenvalue weighted by Crippen LogP contribution is 2.29. The Hall–Kier alpha value is -1.13. The van der Waals surface area contributed by atoms with Crippen LogP contribution in [0.1, 0.15) is 32.1 Å². The largest absolute Gasteiger partial charge is 0.480 e. The van der Waals surface area contributed by atoms with Gasteiger partial charge in [0.2, 0.25) is 10.0 Å². The van der Waals surface area contributed by atoms with Gasteiger partial charge < -0.3 is 5.11 Å². The Morgan fingerprint density at radius 1 is 1.38 bits per heavy atom. The Morgan fingerprint density at radius 2 is 1.94 bits per heavy atom. The highest BCUT2D eigenvalue weighted by molar-refractivity contribution is 7.89. The third kappa shape index (κ3) is 2.93. The van der Waals surface area contributed by atoms with E-state index in [-0.39, 0.29) is 12.8 Å². The van der Waals surface area contributed by atoms with E-state index in [1.54, 1.807) is 0 Å². The molecule has 1 aliphatic carbocycles. The molecule has 0 aliphatic heterocycles. The van der Waals surface area contributed by atoms with Crippen LogP contribution >= 0.6 is 0 Å². The predicted octanol–water partition coefficient (Wildman–Crippen LogP) is 0.217. The van der Waals surface area contributed by atoms with Crippen molar-refractivity contribution in [3.63, 3.8) is 0 Å². The molecule has 0 unspecified atom stereocenters. The summed E-state index contributed by atoms with van der Waals surface area (Å²) in [6, 6.07) is 1.51. The minimum absolute atomic E-state index is 0.285. The summed E-state index contributed by atoms with van der Waals surface area (Å²) >= 11 is 0. The zero-order valence-corrected chi connectivity index (χ0v) is 9.59. The van der Waals surface area contributed by atoms with E-state index in [0.717, 1.165) is 6.42 Å². The third-order valence-corrected chi connectivity index (χ3v) is 3.93. The van der Waals surface area contributed by atoms with Crippen LogP contribution in [0.25, 0.3) is 0 Å². The first kappa shape index (κ1) is 12.9. The molecule has 1 rings (SSSR count). The third-order valence-electron chi connectivity index (χ3n) is 2.72. The zero-order valence-electron chi connectivity index (χ0n) is 8.77. The van der Waals surface area contributed by atoms with E-state index in [0.29, 0.717) is 12.8 Å². The Balaban J connectivity index is 2.88. The molecule has 0 heterocycles. The lowest BCUT2D eigenvalue weighted by Crippen LogP contribution is -2.55. The van der Waals surface area contributed by atoms with Crippen LogP contribution in [0, 0.1) is 11.3 Å². The maximum atomic E-state index is 11.4. The normalized spacial score (nSPS) is 19.9. The van der Waals surface area contributed by atoms with Gasteiger partial charge in [0.1, 0.15) is 5.54 Å². The molecule has 1 aliphatic rings. The Bertz CT molecular complexity index is 404. The number of nitriles is 1. The van der Waals surface area contributed by atoms with Crippen molar-refractivity contribution in [1.82, 2.24) is 4.72 Å². The number of carbonyl (C=O) groups is 1. The van der Waals surface area contributed by atoms with Crippen molar-refractivity contribution in [1.29, 1.82) is 5.26 Å². The number of hydrogen-bond donors (Lipinski definition) is 2. The molecular weight excluding hydrogens is 232 g/mol. The maximum absolute atomic E-state index is 11.4. The van der Waals surface area contributed by atoms with Crippen molar-refractivity contribution in [3.05, 3.63) is 0 Å². The van der Waals surface area contributed by atoms with Gasteiger partial charge in [0, 0.05) is 0 Å². The van der Waals surface area contributed by atoms with Gasteiger partial charge in [-0.2, -0.15) is 9.98 Å². The summed E-state index contributed by atoms with van der Waals surface area (Å²) < 4.78 is 25.0. The molecular formula is C9H14N2O4S. The van der Waals surface area contributed by atoms with E-state index in [2.05, 4.69) is 4.72 Å². The predicted molar refractivity (Wildman–Crippen MR) is 56.0 cm³/mol. The fraction of sp³-hybridized carbons (Fsp3) is 0.778. The quantitative estimate of drug-likeness (QED) is 0.737. The standard InChI is InChI=1S/C9H14N2O4S/c10-6-7-16(14,15)11-9(8(12)13)4-2-1-3-5-9/h11H,1-5,7H2,(H,12,13). The summed E-state index contributed by atoms with van der Waals surface area (Å²) in [4.78, 5) is 11.1. The van der Waals surface area contributed by atoms with E-state index in [1.165, 1.54) is 6.07 Å². The molecule has 0 aromatic rings. The van der Waals surface area contributed by atoms with Crippen molar-refractivity contribution < 1.29 is 18.3 Å². The highest BCUT2D eigenvalue weighted by Gasteiger charge is 2.42. The molecule has 6 nitrogen and oxygen atoms in total. The van der Waals surface area contributed by atoms with Crippen molar-refractivity contribution in [2.24, 2.45) is 0 Å². The van der Waals surface area contributed by atoms with Crippen LogP contribution in [0.3, 0.4) is 0 Å². The maximum Gasteiger partial charge on any atom is 0.324 e. The van der Waals surface area contributed by atoms with Crippen LogP contribution in [0.4, 0.5) is 0 Å². The number of carboxylic acid groups (broad SMARTS) is 1. The number of rotatable bonds is 4. The minimum atomic E-state index is -3.83. The van der Waals surface area contributed by atoms with E-state index in [9.17, 15) is 13.2 Å². The molecule has 2 N–H and O–H groups in total. The first-order valence-electron chi connectivity index (χ1n) is 5.04. The molecule has 0 radical (unpaired) electrons. The van der Waals surface area contributed by atoms with Gasteiger partial charge >= 0.3 is 5.97 Å². The molecule has 0 bridgehead atoms. The van der Waals surface area contributed by atoms with E-state index >= 15 is 0 Å². The minimum Gasteiger partial charge on any atom is -0.480 e. The second kappa shape index (κ2) is 4.80.